The van der Waals surface area contributed by atoms with E-state index in [1.807, 2.05) is 26.8 Å². The minimum Gasteiger partial charge on any atom is -0.128 e. The van der Waals surface area contributed by atoms with Crippen LogP contribution in [0.15, 0.2) is 12.1 Å². The van der Waals surface area contributed by atoms with Gasteiger partial charge in [-0.15, -0.1) is 12.1 Å². The second-order valence-electron chi connectivity index (χ2n) is 0.667. The second-order valence-corrected chi connectivity index (χ2v) is 0.667. The van der Waals surface area contributed by atoms with Crippen molar-refractivity contribution < 1.29 is 0 Å². The van der Waals surface area contributed by atoms with Gasteiger partial charge in [-0.3, -0.25) is 0 Å². The van der Waals surface area contributed by atoms with E-state index in [0.29, 0.717) is 0 Å². The quantitative estimate of drug-likeness (QED) is 0.345. The third kappa shape index (κ3) is 1.80. The Bertz CT molecular complexity index is 18.5. The minimum atomic E-state index is 2.00. The first kappa shape index (κ1) is 3.80. The molecule has 0 N–H and O–H groups in total. The predicted octanol–water partition coefficient (Wildman–Crippen LogP) is 0.153. The van der Waals surface area contributed by atoms with Crippen LogP contribution in [0.5, 0.6) is 0 Å². The molecule has 1 heteroatoms. The van der Waals surface area contributed by atoms with Crippen LogP contribution in [-0.4, -0.2) is 7.85 Å². The normalized spacial score (nSPS) is 9.25. The van der Waals surface area contributed by atoms with Gasteiger partial charge in [-0.2, -0.15) is 0 Å². The van der Waals surface area contributed by atoms with E-state index in [4.69, 9.17) is 0 Å². The largest absolute Gasteiger partial charge is 0.129 e. The van der Waals surface area contributed by atoms with Crippen molar-refractivity contribution >= 4 is 7.85 Å². The van der Waals surface area contributed by atoms with E-state index < -0.39 is 0 Å². The Balaban J connectivity index is 2.55. The van der Waals surface area contributed by atoms with Gasteiger partial charge in [0.2, 0.25) is 0 Å². The second kappa shape index (κ2) is 2.80. The third-order valence-corrected chi connectivity index (χ3v) is 0.333. The molecule has 0 aliphatic carbocycles. The van der Waals surface area contributed by atoms with Gasteiger partial charge in [0.15, 0.2) is 0 Å². The fourth-order valence-corrected chi connectivity index (χ4v) is 0. The lowest BCUT2D eigenvalue weighted by Crippen LogP contribution is -1.39. The molecule has 0 spiro atoms. The summed E-state index contributed by atoms with van der Waals surface area (Å²) in [6.45, 7) is 2.00. The molecule has 0 saturated heterocycles. The number of hydrogen-bond acceptors (Lipinski definition) is 0. The Morgan fingerprint density at radius 1 is 1.75 bits per heavy atom. The molecule has 0 amide bonds. The monoisotopic (exact) mass is 54.1 g/mol. The molecule has 0 radical (unpaired) electrons. The molecule has 4 heavy (non-hydrogen) atoms. The highest BCUT2D eigenvalue weighted by atomic mass is 13.3. The summed E-state index contributed by atoms with van der Waals surface area (Å²) >= 11 is 0. The van der Waals surface area contributed by atoms with E-state index >= 15 is 0 Å². The van der Waals surface area contributed by atoms with E-state index in [1.54, 1.807) is 0 Å². The Kier molecular flexibility index (Phi) is 2.67. The Hall–Kier alpha value is -0.195. The van der Waals surface area contributed by atoms with E-state index in [1.165, 1.54) is 0 Å². The summed E-state index contributed by atoms with van der Waals surface area (Å²) in [5.74, 6) is 2.00. The van der Waals surface area contributed by atoms with Gasteiger partial charge in [-0.05, 0) is 6.92 Å². The maximum Gasteiger partial charge on any atom is 0.129 e. The zero-order valence-electron chi connectivity index (χ0n) is 3.15. The van der Waals surface area contributed by atoms with Gasteiger partial charge in [0.25, 0.3) is 0 Å². The maximum absolute atomic E-state index is 2.00. The highest BCUT2D eigenvalue weighted by molar-refractivity contribution is 6.16. The average Bonchev–Trinajstić information content (AvgIpc) is 1.37. The third-order valence-electron chi connectivity index (χ3n) is 0.333. The molecule has 0 fully saturated rings. The molecule has 0 unspecified atom stereocenters. The molecular weight excluding hydrogens is 46.8 g/mol. The summed E-state index contributed by atoms with van der Waals surface area (Å²) in [4.78, 5) is 0. The van der Waals surface area contributed by atoms with Crippen LogP contribution in [0, 0.1) is 0 Å². The van der Waals surface area contributed by atoms with Crippen molar-refractivity contribution in [2.75, 3.05) is 0 Å². The van der Waals surface area contributed by atoms with E-state index in [2.05, 4.69) is 0 Å². The molecule has 0 aromatic heterocycles. The fourth-order valence-electron chi connectivity index (χ4n) is 0. The van der Waals surface area contributed by atoms with Gasteiger partial charge in [-0.25, -0.2) is 0 Å². The first-order chi connectivity index (χ1) is 1.91. The van der Waals surface area contributed by atoms with E-state index in [0.717, 1.165) is 0 Å². The Morgan fingerprint density at radius 2 is 2.00 bits per heavy atom. The van der Waals surface area contributed by atoms with Crippen molar-refractivity contribution in [2.45, 2.75) is 6.92 Å². The van der Waals surface area contributed by atoms with Gasteiger partial charge in [0.05, 0.1) is 0 Å². The summed E-state index contributed by atoms with van der Waals surface area (Å²) in [6, 6.07) is 0. The highest BCUT2D eigenvalue weighted by Crippen LogP contribution is 1.50. The SMILES string of the molecule is B/C=C/C. The van der Waals surface area contributed by atoms with Crippen LogP contribution in [0.4, 0.5) is 0 Å². The number of hydrogen-bond donors (Lipinski definition) is 0. The van der Waals surface area contributed by atoms with Crippen molar-refractivity contribution in [1.82, 2.24) is 0 Å². The molecule has 0 aromatic carbocycles. The summed E-state index contributed by atoms with van der Waals surface area (Å²) in [5, 5.41) is 0. The van der Waals surface area contributed by atoms with Crippen LogP contribution < -0.4 is 0 Å². The Labute approximate surface area is 27.9 Å². The molecule has 0 saturated carbocycles. The van der Waals surface area contributed by atoms with Gasteiger partial charge in [0, 0.05) is 0 Å². The van der Waals surface area contributed by atoms with E-state index in [9.17, 15) is 0 Å². The van der Waals surface area contributed by atoms with Crippen LogP contribution >= 0.6 is 0 Å². The van der Waals surface area contributed by atoms with Gasteiger partial charge in [0.1, 0.15) is 7.85 Å². The summed E-state index contributed by atoms with van der Waals surface area (Å²) in [6.07, 6.45) is 2.00. The number of allylic oxidation sites excluding steroid dienone is 1. The molecule has 0 aliphatic heterocycles. The summed E-state index contributed by atoms with van der Waals surface area (Å²) < 4.78 is 0. The average molecular weight is 53.9 g/mol. The van der Waals surface area contributed by atoms with Gasteiger partial charge < -0.3 is 0 Å². The van der Waals surface area contributed by atoms with Crippen molar-refractivity contribution in [3.8, 4) is 0 Å². The van der Waals surface area contributed by atoms with Crippen LogP contribution in [0.1, 0.15) is 6.92 Å². The lowest BCUT2D eigenvalue weighted by molar-refractivity contribution is 1.78. The molecule has 0 aromatic rings. The lowest BCUT2D eigenvalue weighted by atomic mass is 10.1. The Morgan fingerprint density at radius 3 is 2.00 bits per heavy atom. The van der Waals surface area contributed by atoms with Gasteiger partial charge >= 0.3 is 0 Å². The maximum atomic E-state index is 2.00. The van der Waals surface area contributed by atoms with Crippen LogP contribution in [0.2, 0.25) is 0 Å². The lowest BCUT2D eigenvalue weighted by Gasteiger charge is -1.48. The van der Waals surface area contributed by atoms with Crippen LogP contribution in [0.3, 0.4) is 0 Å². The first-order valence-electron chi connectivity index (χ1n) is 1.49. The summed E-state index contributed by atoms with van der Waals surface area (Å²) in [5.41, 5.74) is 0. The minimum absolute atomic E-state index is 2.00. The highest BCUT2D eigenvalue weighted by Gasteiger charge is 1.36. The van der Waals surface area contributed by atoms with E-state index in [-0.39, 0.29) is 0 Å². The predicted molar refractivity (Wildman–Crippen MR) is 23.4 cm³/mol. The molecule has 0 rings (SSSR count). The van der Waals surface area contributed by atoms with Crippen molar-refractivity contribution in [3.63, 3.8) is 0 Å². The van der Waals surface area contributed by atoms with Crippen LogP contribution in [0.25, 0.3) is 0 Å². The molecular formula is C3H7B. The van der Waals surface area contributed by atoms with Crippen LogP contribution in [-0.2, 0) is 0 Å². The zero-order valence-corrected chi connectivity index (χ0v) is 3.15. The van der Waals surface area contributed by atoms with Gasteiger partial charge in [-0.1, -0.05) is 0 Å². The molecule has 0 bridgehead atoms. The number of rotatable bonds is 0. The zero-order chi connectivity index (χ0) is 3.41. The van der Waals surface area contributed by atoms with Crippen molar-refractivity contribution in [2.24, 2.45) is 0 Å². The molecule has 0 heterocycles. The molecule has 0 nitrogen and oxygen atoms in total. The van der Waals surface area contributed by atoms with Crippen molar-refractivity contribution in [1.29, 1.82) is 0 Å². The summed E-state index contributed by atoms with van der Waals surface area (Å²) in [7, 11) is 2.00. The smallest absolute Gasteiger partial charge is 0.128 e. The standard InChI is InChI=1S/C3H7B/c1-2-3-4/h2-3H,4H2,1H3/b3-2+. The first-order valence-corrected chi connectivity index (χ1v) is 1.49. The molecule has 22 valence electrons. The topological polar surface area (TPSA) is 0 Å². The molecule has 0 atom stereocenters. The fraction of sp³-hybridized carbons (Fsp3) is 0.333. The van der Waals surface area contributed by atoms with Crippen molar-refractivity contribution in [3.05, 3.63) is 12.1 Å². The molecule has 0 aliphatic rings.